The molecule has 0 aliphatic carbocycles. The summed E-state index contributed by atoms with van der Waals surface area (Å²) in [5.74, 6) is 1.13. The van der Waals surface area contributed by atoms with E-state index in [0.717, 1.165) is 44.2 Å². The highest BCUT2D eigenvalue weighted by atomic mass is 32.1. The zero-order chi connectivity index (χ0) is 16.2. The van der Waals surface area contributed by atoms with Crippen LogP contribution in [-0.2, 0) is 11.3 Å². The lowest BCUT2D eigenvalue weighted by molar-refractivity contribution is 0.0384. The maximum absolute atomic E-state index is 12.2. The van der Waals surface area contributed by atoms with E-state index in [1.165, 1.54) is 4.88 Å². The van der Waals surface area contributed by atoms with Gasteiger partial charge in [0, 0.05) is 31.1 Å². The van der Waals surface area contributed by atoms with Crippen LogP contribution in [0, 0.1) is 0 Å². The Morgan fingerprint density at radius 1 is 1.43 bits per heavy atom. The van der Waals surface area contributed by atoms with E-state index in [1.54, 1.807) is 11.3 Å². The molecular weight excluding hydrogens is 312 g/mol. The summed E-state index contributed by atoms with van der Waals surface area (Å²) in [5, 5.41) is 4.06. The van der Waals surface area contributed by atoms with Crippen LogP contribution >= 0.6 is 11.3 Å². The van der Waals surface area contributed by atoms with Crippen molar-refractivity contribution in [3.63, 3.8) is 0 Å². The van der Waals surface area contributed by atoms with Crippen LogP contribution in [0.4, 0.5) is 0 Å². The molecule has 0 radical (unpaired) electrons. The van der Waals surface area contributed by atoms with Crippen LogP contribution in [0.5, 0.6) is 0 Å². The van der Waals surface area contributed by atoms with Gasteiger partial charge in [-0.2, -0.15) is 0 Å². The van der Waals surface area contributed by atoms with Crippen LogP contribution in [0.1, 0.15) is 30.5 Å². The molecule has 0 bridgehead atoms. The summed E-state index contributed by atoms with van der Waals surface area (Å²) < 4.78 is 5.34. The van der Waals surface area contributed by atoms with Crippen LogP contribution in [0.2, 0.25) is 0 Å². The average molecular weight is 336 g/mol. The summed E-state index contributed by atoms with van der Waals surface area (Å²) in [5.41, 5.74) is -0.0388. The van der Waals surface area contributed by atoms with E-state index in [1.807, 2.05) is 6.07 Å². The molecule has 0 amide bonds. The van der Waals surface area contributed by atoms with Gasteiger partial charge in [0.25, 0.3) is 5.56 Å². The van der Waals surface area contributed by atoms with Crippen molar-refractivity contribution in [2.75, 3.05) is 39.4 Å². The molecule has 6 nitrogen and oxygen atoms in total. The fourth-order valence-corrected chi connectivity index (χ4v) is 3.68. The van der Waals surface area contributed by atoms with Crippen molar-refractivity contribution in [1.82, 2.24) is 20.2 Å². The largest absolute Gasteiger partial charge is 0.379 e. The fraction of sp³-hybridized carbons (Fsp3) is 0.625. The maximum atomic E-state index is 12.2. The third-order valence-electron chi connectivity index (χ3n) is 4.04. The molecule has 1 fully saturated rings. The number of thiophene rings is 1. The Bertz CT molecular complexity index is 704. The predicted molar refractivity (Wildman–Crippen MR) is 93.3 cm³/mol. The first-order chi connectivity index (χ1) is 11.1. The van der Waals surface area contributed by atoms with Crippen LogP contribution in [0.25, 0.3) is 10.2 Å². The third-order valence-corrected chi connectivity index (χ3v) is 5.37. The van der Waals surface area contributed by atoms with E-state index >= 15 is 0 Å². The first-order valence-corrected chi connectivity index (χ1v) is 8.98. The van der Waals surface area contributed by atoms with E-state index in [-0.39, 0.29) is 5.56 Å². The zero-order valence-electron chi connectivity index (χ0n) is 13.7. The monoisotopic (exact) mass is 336 g/mol. The van der Waals surface area contributed by atoms with E-state index in [0.29, 0.717) is 23.7 Å². The average Bonchev–Trinajstić information content (AvgIpc) is 2.98. The number of hydrogen-bond acceptors (Lipinski definition) is 6. The highest BCUT2D eigenvalue weighted by Crippen LogP contribution is 2.27. The summed E-state index contributed by atoms with van der Waals surface area (Å²) in [6.07, 6.45) is 0. The number of hydrogen-bond donors (Lipinski definition) is 2. The third kappa shape index (κ3) is 4.17. The number of ether oxygens (including phenoxy) is 1. The second-order valence-electron chi connectivity index (χ2n) is 6.17. The molecule has 0 aromatic carbocycles. The zero-order valence-corrected chi connectivity index (χ0v) is 14.5. The second-order valence-corrected chi connectivity index (χ2v) is 7.23. The Balaban J connectivity index is 1.58. The number of rotatable bonds is 6. The molecule has 1 aliphatic heterocycles. The molecule has 2 aromatic rings. The molecule has 2 aromatic heterocycles. The van der Waals surface area contributed by atoms with Gasteiger partial charge in [-0.3, -0.25) is 9.69 Å². The molecule has 0 atom stereocenters. The van der Waals surface area contributed by atoms with Gasteiger partial charge < -0.3 is 15.0 Å². The number of aromatic amines is 1. The summed E-state index contributed by atoms with van der Waals surface area (Å²) >= 11 is 1.61. The SMILES string of the molecule is CC(C)c1cc2c(=O)[nH]c(CNCCN3CCOCC3)nc2s1. The number of aromatic nitrogens is 2. The minimum Gasteiger partial charge on any atom is -0.379 e. The van der Waals surface area contributed by atoms with Crippen molar-refractivity contribution >= 4 is 21.6 Å². The number of morpholine rings is 1. The van der Waals surface area contributed by atoms with Crippen molar-refractivity contribution in [2.24, 2.45) is 0 Å². The van der Waals surface area contributed by atoms with Gasteiger partial charge >= 0.3 is 0 Å². The van der Waals surface area contributed by atoms with Gasteiger partial charge in [0.15, 0.2) is 0 Å². The van der Waals surface area contributed by atoms with Gasteiger partial charge in [-0.15, -0.1) is 11.3 Å². The molecule has 0 unspecified atom stereocenters. The molecule has 3 heterocycles. The van der Waals surface area contributed by atoms with E-state index in [4.69, 9.17) is 4.74 Å². The summed E-state index contributed by atoms with van der Waals surface area (Å²) in [4.78, 5) is 24.1. The minimum absolute atomic E-state index is 0.0388. The van der Waals surface area contributed by atoms with Crippen LogP contribution in [0.15, 0.2) is 10.9 Å². The lowest BCUT2D eigenvalue weighted by Gasteiger charge is -2.26. The smallest absolute Gasteiger partial charge is 0.259 e. The Morgan fingerprint density at radius 2 is 2.22 bits per heavy atom. The molecular formula is C16H24N4O2S. The minimum atomic E-state index is -0.0388. The molecule has 1 saturated heterocycles. The van der Waals surface area contributed by atoms with E-state index < -0.39 is 0 Å². The summed E-state index contributed by atoms with van der Waals surface area (Å²) in [7, 11) is 0. The van der Waals surface area contributed by atoms with Crippen LogP contribution in [-0.4, -0.2) is 54.3 Å². The summed E-state index contributed by atoms with van der Waals surface area (Å²) in [6, 6.07) is 1.96. The molecule has 7 heteroatoms. The van der Waals surface area contributed by atoms with Crippen LogP contribution in [0.3, 0.4) is 0 Å². The Morgan fingerprint density at radius 3 is 2.96 bits per heavy atom. The molecule has 3 rings (SSSR count). The van der Waals surface area contributed by atoms with Gasteiger partial charge in [0.1, 0.15) is 10.7 Å². The van der Waals surface area contributed by atoms with Crippen molar-refractivity contribution in [3.05, 3.63) is 27.1 Å². The predicted octanol–water partition coefficient (Wildman–Crippen LogP) is 1.53. The first kappa shape index (κ1) is 16.6. The quantitative estimate of drug-likeness (QED) is 0.783. The normalized spacial score (nSPS) is 16.5. The van der Waals surface area contributed by atoms with Crippen molar-refractivity contribution in [2.45, 2.75) is 26.3 Å². The van der Waals surface area contributed by atoms with Gasteiger partial charge in [0.05, 0.1) is 25.1 Å². The first-order valence-electron chi connectivity index (χ1n) is 8.17. The standard InChI is InChI=1S/C16H24N4O2S/c1-11(2)13-9-12-15(21)18-14(19-16(12)23-13)10-17-3-4-20-5-7-22-8-6-20/h9,11,17H,3-8,10H2,1-2H3,(H,18,19,21). The molecule has 126 valence electrons. The number of H-pyrrole nitrogens is 1. The van der Waals surface area contributed by atoms with Gasteiger partial charge in [0.2, 0.25) is 0 Å². The van der Waals surface area contributed by atoms with E-state index in [2.05, 4.69) is 34.0 Å². The topological polar surface area (TPSA) is 70.2 Å². The molecule has 23 heavy (non-hydrogen) atoms. The van der Waals surface area contributed by atoms with Crippen molar-refractivity contribution < 1.29 is 4.74 Å². The molecule has 0 spiro atoms. The van der Waals surface area contributed by atoms with Gasteiger partial charge in [-0.1, -0.05) is 13.8 Å². The van der Waals surface area contributed by atoms with Crippen molar-refractivity contribution in [3.8, 4) is 0 Å². The van der Waals surface area contributed by atoms with Crippen LogP contribution < -0.4 is 10.9 Å². The number of nitrogens with zero attached hydrogens (tertiary/aromatic N) is 2. The second kappa shape index (κ2) is 7.53. The maximum Gasteiger partial charge on any atom is 0.259 e. The Kier molecular flexibility index (Phi) is 5.42. The molecule has 1 aliphatic rings. The highest BCUT2D eigenvalue weighted by molar-refractivity contribution is 7.18. The molecule has 2 N–H and O–H groups in total. The summed E-state index contributed by atoms with van der Waals surface area (Å²) in [6.45, 7) is 10.4. The van der Waals surface area contributed by atoms with Gasteiger partial charge in [-0.25, -0.2) is 4.98 Å². The Hall–Kier alpha value is -1.28. The number of nitrogens with one attached hydrogen (secondary N) is 2. The Labute approximate surface area is 139 Å². The lowest BCUT2D eigenvalue weighted by Crippen LogP contribution is -2.40. The fourth-order valence-electron chi connectivity index (χ4n) is 2.63. The van der Waals surface area contributed by atoms with Gasteiger partial charge in [-0.05, 0) is 12.0 Å². The lowest BCUT2D eigenvalue weighted by atomic mass is 10.2. The number of fused-ring (bicyclic) bond motifs is 1. The molecule has 0 saturated carbocycles. The van der Waals surface area contributed by atoms with Crippen molar-refractivity contribution in [1.29, 1.82) is 0 Å². The van der Waals surface area contributed by atoms with E-state index in [9.17, 15) is 4.79 Å². The highest BCUT2D eigenvalue weighted by Gasteiger charge is 2.12.